The summed E-state index contributed by atoms with van der Waals surface area (Å²) in [5.41, 5.74) is 0. The van der Waals surface area contributed by atoms with Crippen molar-refractivity contribution >= 4 is 17.8 Å². The summed E-state index contributed by atoms with van der Waals surface area (Å²) in [7, 11) is 2.98. The first-order valence-electron chi connectivity index (χ1n) is 6.25. The van der Waals surface area contributed by atoms with Crippen LogP contribution in [0.3, 0.4) is 0 Å². The van der Waals surface area contributed by atoms with E-state index in [1.807, 2.05) is 0 Å². The van der Waals surface area contributed by atoms with E-state index in [1.165, 1.54) is 7.11 Å². The van der Waals surface area contributed by atoms with Gasteiger partial charge in [-0.05, 0) is 0 Å². The number of nitrogens with zero attached hydrogens (tertiary/aromatic N) is 2. The summed E-state index contributed by atoms with van der Waals surface area (Å²) in [6.45, 7) is 1.39. The highest BCUT2D eigenvalue weighted by Gasteiger charge is 2.37. The van der Waals surface area contributed by atoms with Crippen LogP contribution in [0.4, 0.5) is 0 Å². The molecule has 2 amide bonds. The van der Waals surface area contributed by atoms with E-state index in [2.05, 4.69) is 4.74 Å². The summed E-state index contributed by atoms with van der Waals surface area (Å²) in [6, 6.07) is 0. The Morgan fingerprint density at radius 2 is 2.11 bits per heavy atom. The SMILES string of the molecule is COC(=O)C1CN(C(=O)C2CC(=O)N(C)C2)CCO1. The Morgan fingerprint density at radius 3 is 2.68 bits per heavy atom. The zero-order valence-corrected chi connectivity index (χ0v) is 11.1. The first-order chi connectivity index (χ1) is 9.02. The van der Waals surface area contributed by atoms with Gasteiger partial charge in [-0.15, -0.1) is 0 Å². The molecular weight excluding hydrogens is 252 g/mol. The van der Waals surface area contributed by atoms with E-state index in [4.69, 9.17) is 4.74 Å². The van der Waals surface area contributed by atoms with Gasteiger partial charge in [-0.25, -0.2) is 4.79 Å². The van der Waals surface area contributed by atoms with E-state index in [-0.39, 0.29) is 30.7 Å². The fraction of sp³-hybridized carbons (Fsp3) is 0.750. The molecule has 19 heavy (non-hydrogen) atoms. The van der Waals surface area contributed by atoms with Gasteiger partial charge in [0.25, 0.3) is 0 Å². The number of amides is 2. The second kappa shape index (κ2) is 5.56. The molecule has 2 saturated heterocycles. The number of methoxy groups -OCH3 is 1. The highest BCUT2D eigenvalue weighted by Crippen LogP contribution is 2.20. The van der Waals surface area contributed by atoms with Crippen LogP contribution in [0.25, 0.3) is 0 Å². The lowest BCUT2D eigenvalue weighted by Gasteiger charge is -2.32. The van der Waals surface area contributed by atoms with Crippen LogP contribution >= 0.6 is 0 Å². The zero-order chi connectivity index (χ0) is 14.0. The molecule has 106 valence electrons. The summed E-state index contributed by atoms with van der Waals surface area (Å²) < 4.78 is 9.88. The Morgan fingerprint density at radius 1 is 1.37 bits per heavy atom. The normalized spacial score (nSPS) is 27.6. The number of rotatable bonds is 2. The number of ether oxygens (including phenoxy) is 2. The van der Waals surface area contributed by atoms with Crippen LogP contribution in [0, 0.1) is 5.92 Å². The van der Waals surface area contributed by atoms with Gasteiger partial charge in [-0.1, -0.05) is 0 Å². The number of carbonyl (C=O) groups excluding carboxylic acids is 3. The molecule has 2 rings (SSSR count). The molecule has 0 aromatic heterocycles. The molecule has 2 atom stereocenters. The van der Waals surface area contributed by atoms with Crippen molar-refractivity contribution in [2.24, 2.45) is 5.92 Å². The maximum absolute atomic E-state index is 12.3. The van der Waals surface area contributed by atoms with Crippen molar-refractivity contribution in [3.8, 4) is 0 Å². The molecule has 7 heteroatoms. The second-order valence-corrected chi connectivity index (χ2v) is 4.84. The summed E-state index contributed by atoms with van der Waals surface area (Å²) in [6.07, 6.45) is -0.479. The molecule has 0 spiro atoms. The van der Waals surface area contributed by atoms with Crippen LogP contribution in [-0.4, -0.2) is 74.1 Å². The van der Waals surface area contributed by atoms with Crippen LogP contribution < -0.4 is 0 Å². The van der Waals surface area contributed by atoms with Gasteiger partial charge >= 0.3 is 5.97 Å². The number of esters is 1. The molecule has 0 aromatic rings. The molecule has 0 radical (unpaired) electrons. The van der Waals surface area contributed by atoms with Crippen LogP contribution in [0.5, 0.6) is 0 Å². The highest BCUT2D eigenvalue weighted by molar-refractivity contribution is 5.89. The molecule has 0 aromatic carbocycles. The van der Waals surface area contributed by atoms with Gasteiger partial charge in [-0.2, -0.15) is 0 Å². The Bertz CT molecular complexity index is 398. The predicted molar refractivity (Wildman–Crippen MR) is 64.1 cm³/mol. The van der Waals surface area contributed by atoms with E-state index in [0.717, 1.165) is 0 Å². The standard InChI is InChI=1S/C12H18N2O5/c1-13-6-8(5-10(13)15)11(16)14-3-4-19-9(7-14)12(17)18-2/h8-9H,3-7H2,1-2H3. The van der Waals surface area contributed by atoms with Crippen LogP contribution in [-0.2, 0) is 23.9 Å². The molecule has 2 aliphatic rings. The van der Waals surface area contributed by atoms with E-state index >= 15 is 0 Å². The average Bonchev–Trinajstić information content (AvgIpc) is 2.77. The minimum Gasteiger partial charge on any atom is -0.467 e. The molecule has 2 fully saturated rings. The van der Waals surface area contributed by atoms with Crippen molar-refractivity contribution in [1.29, 1.82) is 0 Å². The predicted octanol–water partition coefficient (Wildman–Crippen LogP) is -1.13. The van der Waals surface area contributed by atoms with Crippen molar-refractivity contribution < 1.29 is 23.9 Å². The van der Waals surface area contributed by atoms with Gasteiger partial charge in [-0.3, -0.25) is 9.59 Å². The highest BCUT2D eigenvalue weighted by atomic mass is 16.6. The van der Waals surface area contributed by atoms with Crippen molar-refractivity contribution in [2.75, 3.05) is 40.4 Å². The minimum absolute atomic E-state index is 0.0175. The van der Waals surface area contributed by atoms with Gasteiger partial charge in [0, 0.05) is 26.6 Å². The molecule has 2 aliphatic heterocycles. The third kappa shape index (κ3) is 2.86. The van der Waals surface area contributed by atoms with E-state index in [1.54, 1.807) is 16.8 Å². The van der Waals surface area contributed by atoms with Crippen molar-refractivity contribution in [2.45, 2.75) is 12.5 Å². The summed E-state index contributed by atoms with van der Waals surface area (Å²) in [5, 5.41) is 0. The largest absolute Gasteiger partial charge is 0.467 e. The van der Waals surface area contributed by atoms with Gasteiger partial charge in [0.15, 0.2) is 6.10 Å². The number of morpholine rings is 1. The van der Waals surface area contributed by atoms with Crippen molar-refractivity contribution in [1.82, 2.24) is 9.80 Å². The van der Waals surface area contributed by atoms with Crippen LogP contribution in [0.1, 0.15) is 6.42 Å². The lowest BCUT2D eigenvalue weighted by molar-refractivity contribution is -0.163. The van der Waals surface area contributed by atoms with Gasteiger partial charge in [0.05, 0.1) is 26.2 Å². The Hall–Kier alpha value is -1.63. The third-order valence-corrected chi connectivity index (χ3v) is 3.53. The van der Waals surface area contributed by atoms with E-state index in [9.17, 15) is 14.4 Å². The minimum atomic E-state index is -0.725. The van der Waals surface area contributed by atoms with Crippen LogP contribution in [0.2, 0.25) is 0 Å². The molecule has 0 aliphatic carbocycles. The molecule has 0 N–H and O–H groups in total. The second-order valence-electron chi connectivity index (χ2n) is 4.84. The lowest BCUT2D eigenvalue weighted by Crippen LogP contribution is -2.50. The van der Waals surface area contributed by atoms with Crippen LogP contribution in [0.15, 0.2) is 0 Å². The molecule has 0 bridgehead atoms. The van der Waals surface area contributed by atoms with Crippen molar-refractivity contribution in [3.63, 3.8) is 0 Å². The first-order valence-corrected chi connectivity index (χ1v) is 6.25. The number of likely N-dealkylation sites (tertiary alicyclic amines) is 1. The quantitative estimate of drug-likeness (QED) is 0.593. The smallest absolute Gasteiger partial charge is 0.336 e. The molecular formula is C12H18N2O5. The molecule has 2 heterocycles. The summed E-state index contributed by atoms with van der Waals surface area (Å²) in [4.78, 5) is 38.3. The number of hydrogen-bond donors (Lipinski definition) is 0. The lowest BCUT2D eigenvalue weighted by atomic mass is 10.1. The molecule has 2 unspecified atom stereocenters. The molecule has 0 saturated carbocycles. The fourth-order valence-electron chi connectivity index (χ4n) is 2.41. The number of carbonyl (C=O) groups is 3. The van der Waals surface area contributed by atoms with Gasteiger partial charge < -0.3 is 19.3 Å². The average molecular weight is 270 g/mol. The van der Waals surface area contributed by atoms with Crippen molar-refractivity contribution in [3.05, 3.63) is 0 Å². The van der Waals surface area contributed by atoms with Gasteiger partial charge in [0.2, 0.25) is 11.8 Å². The Kier molecular flexibility index (Phi) is 4.04. The first kappa shape index (κ1) is 13.8. The Labute approximate surface area is 111 Å². The third-order valence-electron chi connectivity index (χ3n) is 3.53. The maximum atomic E-state index is 12.3. The summed E-state index contributed by atoms with van der Waals surface area (Å²) >= 11 is 0. The monoisotopic (exact) mass is 270 g/mol. The Balaban J connectivity index is 1.96. The molecule has 7 nitrogen and oxygen atoms in total. The van der Waals surface area contributed by atoms with E-state index in [0.29, 0.717) is 19.7 Å². The topological polar surface area (TPSA) is 76.2 Å². The van der Waals surface area contributed by atoms with E-state index < -0.39 is 12.1 Å². The maximum Gasteiger partial charge on any atom is 0.336 e. The summed E-state index contributed by atoms with van der Waals surface area (Å²) in [5.74, 6) is -0.892. The fourth-order valence-corrected chi connectivity index (χ4v) is 2.41. The van der Waals surface area contributed by atoms with Gasteiger partial charge in [0.1, 0.15) is 0 Å². The zero-order valence-electron chi connectivity index (χ0n) is 11.1. The number of hydrogen-bond acceptors (Lipinski definition) is 5.